The van der Waals surface area contributed by atoms with Gasteiger partial charge in [-0.15, -0.1) is 0 Å². The summed E-state index contributed by atoms with van der Waals surface area (Å²) in [7, 11) is 0. The number of hydrogen-bond donors (Lipinski definition) is 2. The zero-order valence-corrected chi connectivity index (χ0v) is 23.4. The molecule has 6 nitrogen and oxygen atoms in total. The monoisotopic (exact) mass is 470 g/mol. The smallest absolute Gasteiger partial charge is 0.307 e. The lowest BCUT2D eigenvalue weighted by atomic mass is 9.77. The number of carbonyl (C=O) groups excluding carboxylic acids is 2. The Morgan fingerprint density at radius 1 is 0.576 bits per heavy atom. The van der Waals surface area contributed by atoms with Gasteiger partial charge in [-0.25, -0.2) is 0 Å². The van der Waals surface area contributed by atoms with Gasteiger partial charge in [0.25, 0.3) is 0 Å². The summed E-state index contributed by atoms with van der Waals surface area (Å²) in [6.07, 6.45) is 3.71. The molecule has 0 atom stereocenters. The molecule has 0 radical (unpaired) electrons. The fraction of sp³-hybridized carbons (Fsp3) is 0.926. The molecule has 0 rings (SSSR count). The van der Waals surface area contributed by atoms with Gasteiger partial charge in [0.05, 0.1) is 26.1 Å². The molecule has 0 aromatic heterocycles. The second kappa shape index (κ2) is 14.3. The highest BCUT2D eigenvalue weighted by molar-refractivity contribution is 5.69. The topological polar surface area (TPSA) is 76.7 Å². The van der Waals surface area contributed by atoms with Gasteiger partial charge < -0.3 is 20.1 Å². The quantitative estimate of drug-likeness (QED) is 0.234. The Kier molecular flexibility index (Phi) is 13.8. The van der Waals surface area contributed by atoms with E-state index in [0.29, 0.717) is 39.1 Å². The molecule has 0 saturated carbocycles. The van der Waals surface area contributed by atoms with Gasteiger partial charge in [-0.1, -0.05) is 69.2 Å². The maximum atomic E-state index is 12.0. The molecule has 0 bridgehead atoms. The zero-order valence-electron chi connectivity index (χ0n) is 23.4. The third-order valence-electron chi connectivity index (χ3n) is 4.98. The predicted molar refractivity (Wildman–Crippen MR) is 137 cm³/mol. The van der Waals surface area contributed by atoms with Crippen LogP contribution in [0.25, 0.3) is 0 Å². The van der Waals surface area contributed by atoms with Gasteiger partial charge in [0.2, 0.25) is 0 Å². The summed E-state index contributed by atoms with van der Waals surface area (Å²) in [4.78, 5) is 23.9. The fourth-order valence-corrected chi connectivity index (χ4v) is 4.64. The summed E-state index contributed by atoms with van der Waals surface area (Å²) in [6.45, 7) is 25.6. The molecule has 6 heteroatoms. The average Bonchev–Trinajstić information content (AvgIpc) is 2.59. The molecule has 0 unspecified atom stereocenters. The van der Waals surface area contributed by atoms with Gasteiger partial charge in [0, 0.05) is 13.1 Å². The van der Waals surface area contributed by atoms with E-state index in [1.54, 1.807) is 0 Å². The van der Waals surface area contributed by atoms with E-state index >= 15 is 0 Å². The van der Waals surface area contributed by atoms with Crippen LogP contribution in [-0.4, -0.2) is 51.3 Å². The van der Waals surface area contributed by atoms with Gasteiger partial charge in [0.1, 0.15) is 0 Å². The number of rotatable bonds is 16. The number of nitrogens with one attached hydrogen (secondary N) is 2. The van der Waals surface area contributed by atoms with Crippen LogP contribution in [0.4, 0.5) is 0 Å². The maximum absolute atomic E-state index is 12.0. The van der Waals surface area contributed by atoms with Gasteiger partial charge in [-0.3, -0.25) is 9.59 Å². The van der Waals surface area contributed by atoms with Crippen LogP contribution in [0, 0.1) is 21.7 Å². The Morgan fingerprint density at radius 2 is 0.909 bits per heavy atom. The Bertz CT molecular complexity index is 522. The van der Waals surface area contributed by atoms with Crippen LogP contribution in [0.1, 0.15) is 101 Å². The summed E-state index contributed by atoms with van der Waals surface area (Å²) >= 11 is 0. The average molecular weight is 471 g/mol. The minimum absolute atomic E-state index is 0.0118. The van der Waals surface area contributed by atoms with E-state index in [1.807, 2.05) is 0 Å². The standard InChI is InChI=1S/C27H54N2O4/c1-24(2,3)18-26(7,8)20-32-22(30)12-16-28-14-11-15-29-17-13-23(31)33-21-27(9,10)19-25(4,5)6/h28-29H,11-21H2,1-10H3. The Balaban J connectivity index is 3.71. The van der Waals surface area contributed by atoms with Crippen LogP contribution < -0.4 is 10.6 Å². The minimum atomic E-state index is -0.146. The summed E-state index contributed by atoms with van der Waals surface area (Å²) in [5.74, 6) is -0.293. The Hall–Kier alpha value is -1.14. The summed E-state index contributed by atoms with van der Waals surface area (Å²) in [5, 5.41) is 6.55. The molecule has 0 fully saturated rings. The number of hydrogen-bond acceptors (Lipinski definition) is 6. The van der Waals surface area contributed by atoms with Crippen LogP contribution in [0.3, 0.4) is 0 Å². The van der Waals surface area contributed by atoms with Gasteiger partial charge >= 0.3 is 11.9 Å². The Labute approximate surface area is 204 Å². The van der Waals surface area contributed by atoms with Crippen molar-refractivity contribution in [2.75, 3.05) is 39.4 Å². The van der Waals surface area contributed by atoms with Gasteiger partial charge in [-0.05, 0) is 54.0 Å². The lowest BCUT2D eigenvalue weighted by Crippen LogP contribution is -2.29. The van der Waals surface area contributed by atoms with Crippen LogP contribution in [0.15, 0.2) is 0 Å². The van der Waals surface area contributed by atoms with Crippen molar-refractivity contribution >= 4 is 11.9 Å². The van der Waals surface area contributed by atoms with E-state index < -0.39 is 0 Å². The van der Waals surface area contributed by atoms with Crippen LogP contribution >= 0.6 is 0 Å². The van der Waals surface area contributed by atoms with E-state index in [1.165, 1.54) is 0 Å². The van der Waals surface area contributed by atoms with Gasteiger partial charge in [-0.2, -0.15) is 0 Å². The minimum Gasteiger partial charge on any atom is -0.465 e. The molecule has 0 spiro atoms. The molecular formula is C27H54N2O4. The number of esters is 2. The zero-order chi connectivity index (χ0) is 25.8. The normalized spacial score (nSPS) is 13.2. The summed E-state index contributed by atoms with van der Waals surface area (Å²) in [5.41, 5.74) is 0.410. The van der Waals surface area contributed by atoms with Gasteiger partial charge in [0.15, 0.2) is 0 Å². The summed E-state index contributed by atoms with van der Waals surface area (Å²) < 4.78 is 10.9. The molecule has 2 N–H and O–H groups in total. The highest BCUT2D eigenvalue weighted by Crippen LogP contribution is 2.34. The van der Waals surface area contributed by atoms with E-state index in [-0.39, 0.29) is 33.6 Å². The second-order valence-electron chi connectivity index (χ2n) is 13.5. The van der Waals surface area contributed by atoms with Crippen molar-refractivity contribution in [2.45, 2.75) is 101 Å². The van der Waals surface area contributed by atoms with Crippen molar-refractivity contribution in [1.82, 2.24) is 10.6 Å². The second-order valence-corrected chi connectivity index (χ2v) is 13.5. The van der Waals surface area contributed by atoms with Crippen molar-refractivity contribution in [3.8, 4) is 0 Å². The fourth-order valence-electron chi connectivity index (χ4n) is 4.64. The predicted octanol–water partition coefficient (Wildman–Crippen LogP) is 5.35. The van der Waals surface area contributed by atoms with Crippen LogP contribution in [0.2, 0.25) is 0 Å². The molecule has 0 heterocycles. The molecule has 0 aromatic carbocycles. The lowest BCUT2D eigenvalue weighted by Gasteiger charge is -2.31. The molecule has 0 aliphatic carbocycles. The molecule has 0 aliphatic rings. The molecule has 0 saturated heterocycles. The third kappa shape index (κ3) is 21.2. The first-order valence-corrected chi connectivity index (χ1v) is 12.6. The largest absolute Gasteiger partial charge is 0.465 e. The highest BCUT2D eigenvalue weighted by Gasteiger charge is 2.27. The molecule has 0 amide bonds. The molecular weight excluding hydrogens is 416 g/mol. The molecule has 0 aliphatic heterocycles. The third-order valence-corrected chi connectivity index (χ3v) is 4.98. The number of carbonyl (C=O) groups is 2. The van der Waals surface area contributed by atoms with Crippen molar-refractivity contribution in [3.63, 3.8) is 0 Å². The first-order valence-electron chi connectivity index (χ1n) is 12.6. The van der Waals surface area contributed by atoms with Crippen molar-refractivity contribution < 1.29 is 19.1 Å². The molecule has 0 aromatic rings. The van der Waals surface area contributed by atoms with E-state index in [2.05, 4.69) is 79.9 Å². The molecule has 196 valence electrons. The van der Waals surface area contributed by atoms with Crippen LogP contribution in [0.5, 0.6) is 0 Å². The van der Waals surface area contributed by atoms with E-state index in [4.69, 9.17) is 9.47 Å². The van der Waals surface area contributed by atoms with Crippen molar-refractivity contribution in [1.29, 1.82) is 0 Å². The first-order chi connectivity index (χ1) is 14.9. The van der Waals surface area contributed by atoms with Crippen molar-refractivity contribution in [2.24, 2.45) is 21.7 Å². The molecule has 33 heavy (non-hydrogen) atoms. The van der Waals surface area contributed by atoms with E-state index in [0.717, 1.165) is 32.4 Å². The lowest BCUT2D eigenvalue weighted by molar-refractivity contribution is -0.148. The van der Waals surface area contributed by atoms with E-state index in [9.17, 15) is 9.59 Å². The first kappa shape index (κ1) is 31.9. The van der Waals surface area contributed by atoms with Crippen LogP contribution in [-0.2, 0) is 19.1 Å². The maximum Gasteiger partial charge on any atom is 0.307 e. The highest BCUT2D eigenvalue weighted by atomic mass is 16.5. The van der Waals surface area contributed by atoms with Crippen molar-refractivity contribution in [3.05, 3.63) is 0 Å². The number of ether oxygens (including phenoxy) is 2. The Morgan fingerprint density at radius 3 is 1.21 bits per heavy atom. The SMILES string of the molecule is CC(C)(C)CC(C)(C)COC(=O)CCNCCCNCCC(=O)OCC(C)(C)CC(C)(C)C. The summed E-state index contributed by atoms with van der Waals surface area (Å²) in [6, 6.07) is 0.